The van der Waals surface area contributed by atoms with E-state index in [1.807, 2.05) is 0 Å². The van der Waals surface area contributed by atoms with E-state index in [0.29, 0.717) is 0 Å². The van der Waals surface area contributed by atoms with Gasteiger partial charge in [-0.2, -0.15) is 0 Å². The average Bonchev–Trinajstić information content (AvgIpc) is 1.99. The van der Waals surface area contributed by atoms with Gasteiger partial charge in [-0.05, 0) is 43.0 Å². The summed E-state index contributed by atoms with van der Waals surface area (Å²) in [4.78, 5) is 2.47. The van der Waals surface area contributed by atoms with E-state index >= 15 is 0 Å². The number of halogens is 1. The van der Waals surface area contributed by atoms with Gasteiger partial charge in [0.05, 0.1) is 0 Å². The Kier molecular flexibility index (Phi) is 2.56. The maximum absolute atomic E-state index is 3.53. The third-order valence-corrected chi connectivity index (χ3v) is 3.29. The van der Waals surface area contributed by atoms with Crippen molar-refractivity contribution in [1.82, 2.24) is 0 Å². The molecular weight excluding hydrogens is 238 g/mol. The van der Waals surface area contributed by atoms with Gasteiger partial charge in [0.2, 0.25) is 0 Å². The summed E-state index contributed by atoms with van der Waals surface area (Å²) in [5.74, 6) is 0.859. The van der Waals surface area contributed by atoms with Crippen molar-refractivity contribution in [3.63, 3.8) is 0 Å². The molecule has 0 atom stereocenters. The summed E-state index contributed by atoms with van der Waals surface area (Å²) < 4.78 is 1.19. The van der Waals surface area contributed by atoms with E-state index in [4.69, 9.17) is 0 Å². The van der Waals surface area contributed by atoms with Crippen LogP contribution in [0.1, 0.15) is 18.1 Å². The summed E-state index contributed by atoms with van der Waals surface area (Å²) in [5, 5.41) is 0. The molecule has 1 fully saturated rings. The van der Waals surface area contributed by atoms with Crippen LogP contribution in [0.2, 0.25) is 0 Å². The Balaban J connectivity index is 2.33. The van der Waals surface area contributed by atoms with Crippen LogP contribution in [-0.2, 0) is 0 Å². The maximum Gasteiger partial charge on any atom is 0.0426 e. The molecule has 0 radical (unpaired) electrons. The van der Waals surface area contributed by atoms with Crippen molar-refractivity contribution >= 4 is 21.6 Å². The highest BCUT2D eigenvalue weighted by molar-refractivity contribution is 9.10. The molecule has 1 heterocycles. The minimum atomic E-state index is 0.859. The molecule has 0 amide bonds. The van der Waals surface area contributed by atoms with Gasteiger partial charge in [0, 0.05) is 23.2 Å². The van der Waals surface area contributed by atoms with Gasteiger partial charge in [-0.25, -0.2) is 0 Å². The van der Waals surface area contributed by atoms with Crippen LogP contribution < -0.4 is 4.90 Å². The SMILES string of the molecule is Cc1cc(Br)cc(C)c1N1CC(C)C1. The fourth-order valence-electron chi connectivity index (χ4n) is 2.28. The molecule has 1 nitrogen and oxygen atoms in total. The van der Waals surface area contributed by atoms with Gasteiger partial charge in [-0.1, -0.05) is 22.9 Å². The molecule has 1 aromatic rings. The van der Waals surface area contributed by atoms with E-state index in [2.05, 4.69) is 53.7 Å². The molecule has 0 saturated carbocycles. The Hall–Kier alpha value is -0.500. The summed E-state index contributed by atoms with van der Waals surface area (Å²) in [7, 11) is 0. The van der Waals surface area contributed by atoms with E-state index in [0.717, 1.165) is 5.92 Å². The Morgan fingerprint density at radius 3 is 2.14 bits per heavy atom. The van der Waals surface area contributed by atoms with E-state index in [9.17, 15) is 0 Å². The number of anilines is 1. The molecule has 0 aromatic heterocycles. The van der Waals surface area contributed by atoms with Gasteiger partial charge < -0.3 is 4.90 Å². The zero-order chi connectivity index (χ0) is 10.3. The van der Waals surface area contributed by atoms with Crippen molar-refractivity contribution < 1.29 is 0 Å². The van der Waals surface area contributed by atoms with Crippen LogP contribution in [-0.4, -0.2) is 13.1 Å². The second-order valence-electron chi connectivity index (χ2n) is 4.40. The molecule has 14 heavy (non-hydrogen) atoms. The lowest BCUT2D eigenvalue weighted by Crippen LogP contribution is -2.45. The van der Waals surface area contributed by atoms with Gasteiger partial charge in [0.1, 0.15) is 0 Å². The largest absolute Gasteiger partial charge is 0.370 e. The lowest BCUT2D eigenvalue weighted by molar-refractivity contribution is 0.446. The van der Waals surface area contributed by atoms with Crippen molar-refractivity contribution in [3.05, 3.63) is 27.7 Å². The van der Waals surface area contributed by atoms with Crippen molar-refractivity contribution in [1.29, 1.82) is 0 Å². The summed E-state index contributed by atoms with van der Waals surface area (Å²) in [6.45, 7) is 9.11. The van der Waals surface area contributed by atoms with Crippen LogP contribution in [0.5, 0.6) is 0 Å². The number of rotatable bonds is 1. The lowest BCUT2D eigenvalue weighted by atomic mass is 9.98. The fraction of sp³-hybridized carbons (Fsp3) is 0.500. The minimum Gasteiger partial charge on any atom is -0.370 e. The van der Waals surface area contributed by atoms with E-state index in [-0.39, 0.29) is 0 Å². The topological polar surface area (TPSA) is 3.24 Å². The quantitative estimate of drug-likeness (QED) is 0.741. The van der Waals surface area contributed by atoms with Crippen LogP contribution >= 0.6 is 15.9 Å². The first-order valence-corrected chi connectivity index (χ1v) is 5.89. The molecule has 0 spiro atoms. The zero-order valence-electron chi connectivity index (χ0n) is 8.97. The Morgan fingerprint density at radius 2 is 1.71 bits per heavy atom. The van der Waals surface area contributed by atoms with Gasteiger partial charge in [-0.3, -0.25) is 0 Å². The summed E-state index contributed by atoms with van der Waals surface area (Å²) in [6, 6.07) is 4.40. The van der Waals surface area contributed by atoms with Crippen LogP contribution in [0.15, 0.2) is 16.6 Å². The molecule has 1 aliphatic rings. The van der Waals surface area contributed by atoms with Crippen molar-refractivity contribution in [2.75, 3.05) is 18.0 Å². The predicted octanol–water partition coefficient (Wildman–Crippen LogP) is 3.52. The van der Waals surface area contributed by atoms with Crippen LogP contribution in [0.25, 0.3) is 0 Å². The summed E-state index contributed by atoms with van der Waals surface area (Å²) in [6.07, 6.45) is 0. The molecule has 2 heteroatoms. The number of hydrogen-bond donors (Lipinski definition) is 0. The van der Waals surface area contributed by atoms with Gasteiger partial charge in [-0.15, -0.1) is 0 Å². The van der Waals surface area contributed by atoms with Crippen molar-refractivity contribution in [3.8, 4) is 0 Å². The minimum absolute atomic E-state index is 0.859. The van der Waals surface area contributed by atoms with Crippen LogP contribution in [0.3, 0.4) is 0 Å². The Morgan fingerprint density at radius 1 is 1.21 bits per heavy atom. The van der Waals surface area contributed by atoms with Gasteiger partial charge >= 0.3 is 0 Å². The maximum atomic E-state index is 3.53. The molecule has 0 unspecified atom stereocenters. The van der Waals surface area contributed by atoms with E-state index in [1.54, 1.807) is 0 Å². The first kappa shape index (κ1) is 10.0. The first-order chi connectivity index (χ1) is 6.58. The lowest BCUT2D eigenvalue weighted by Gasteiger charge is -2.41. The normalized spacial score (nSPS) is 17.0. The Bertz CT molecular complexity index is 330. The highest BCUT2D eigenvalue weighted by Crippen LogP contribution is 2.32. The second-order valence-corrected chi connectivity index (χ2v) is 5.31. The van der Waals surface area contributed by atoms with E-state index < -0.39 is 0 Å². The number of benzene rings is 1. The summed E-state index contributed by atoms with van der Waals surface area (Å²) in [5.41, 5.74) is 4.19. The first-order valence-electron chi connectivity index (χ1n) is 5.09. The Labute approximate surface area is 94.2 Å². The van der Waals surface area contributed by atoms with Crippen LogP contribution in [0, 0.1) is 19.8 Å². The predicted molar refractivity (Wildman–Crippen MR) is 65.0 cm³/mol. The van der Waals surface area contributed by atoms with Crippen molar-refractivity contribution in [2.45, 2.75) is 20.8 Å². The third kappa shape index (κ3) is 1.68. The second kappa shape index (κ2) is 3.58. The molecule has 0 N–H and O–H groups in total. The molecular formula is C12H16BrN. The number of aryl methyl sites for hydroxylation is 2. The molecule has 1 saturated heterocycles. The highest BCUT2D eigenvalue weighted by atomic mass is 79.9. The smallest absolute Gasteiger partial charge is 0.0426 e. The molecule has 2 rings (SSSR count). The standard InChI is InChI=1S/C12H16BrN/c1-8-6-14(7-8)12-9(2)4-11(13)5-10(12)3/h4-5,8H,6-7H2,1-3H3. The molecule has 76 valence electrons. The van der Waals surface area contributed by atoms with Crippen molar-refractivity contribution in [2.24, 2.45) is 5.92 Å². The molecule has 0 bridgehead atoms. The number of hydrogen-bond acceptors (Lipinski definition) is 1. The van der Waals surface area contributed by atoms with Gasteiger partial charge in [0.15, 0.2) is 0 Å². The third-order valence-electron chi connectivity index (χ3n) is 2.84. The fourth-order valence-corrected chi connectivity index (χ4v) is 2.97. The monoisotopic (exact) mass is 253 g/mol. The molecule has 0 aliphatic carbocycles. The molecule has 1 aromatic carbocycles. The average molecular weight is 254 g/mol. The summed E-state index contributed by atoms with van der Waals surface area (Å²) >= 11 is 3.53. The van der Waals surface area contributed by atoms with Gasteiger partial charge in [0.25, 0.3) is 0 Å². The van der Waals surface area contributed by atoms with E-state index in [1.165, 1.54) is 34.4 Å². The highest BCUT2D eigenvalue weighted by Gasteiger charge is 2.24. The number of nitrogens with zero attached hydrogens (tertiary/aromatic N) is 1. The molecule has 1 aliphatic heterocycles. The van der Waals surface area contributed by atoms with Crippen LogP contribution in [0.4, 0.5) is 5.69 Å². The zero-order valence-corrected chi connectivity index (χ0v) is 10.6.